The highest BCUT2D eigenvalue weighted by Gasteiger charge is 2.12. The van der Waals surface area contributed by atoms with Gasteiger partial charge in [0.2, 0.25) is 0 Å². The van der Waals surface area contributed by atoms with E-state index in [0.29, 0.717) is 10.0 Å². The topological polar surface area (TPSA) is 29.1 Å². The molecule has 3 aromatic rings. The van der Waals surface area contributed by atoms with E-state index >= 15 is 0 Å². The minimum absolute atomic E-state index is 0.163. The molecular weight excluding hydrogens is 333 g/mol. The maximum absolute atomic E-state index is 13.8. The predicted molar refractivity (Wildman–Crippen MR) is 86.0 cm³/mol. The highest BCUT2D eigenvalue weighted by atomic mass is 79.9. The molecule has 21 heavy (non-hydrogen) atoms. The zero-order valence-corrected chi connectivity index (χ0v) is 12.5. The fraction of sp³-hybridized carbons (Fsp3) is 0. The van der Waals surface area contributed by atoms with Crippen molar-refractivity contribution in [1.29, 1.82) is 0 Å². The summed E-state index contributed by atoms with van der Waals surface area (Å²) < 4.78 is 14.4. The summed E-state index contributed by atoms with van der Waals surface area (Å²) in [5.74, 6) is -0.800. The Labute approximate surface area is 129 Å². The van der Waals surface area contributed by atoms with Crippen LogP contribution in [0, 0.1) is 5.82 Å². The zero-order valence-electron chi connectivity index (χ0n) is 10.9. The fourth-order valence-electron chi connectivity index (χ4n) is 2.20. The first kappa shape index (κ1) is 13.8. The van der Waals surface area contributed by atoms with E-state index in [0.717, 1.165) is 10.8 Å². The van der Waals surface area contributed by atoms with Crippen molar-refractivity contribution in [3.63, 3.8) is 0 Å². The summed E-state index contributed by atoms with van der Waals surface area (Å²) in [7, 11) is 0. The van der Waals surface area contributed by atoms with Gasteiger partial charge in [-0.1, -0.05) is 52.3 Å². The summed E-state index contributed by atoms with van der Waals surface area (Å²) in [6, 6.07) is 17.6. The van der Waals surface area contributed by atoms with Crippen molar-refractivity contribution in [2.75, 3.05) is 5.32 Å². The van der Waals surface area contributed by atoms with Crippen molar-refractivity contribution in [3.05, 3.63) is 76.5 Å². The van der Waals surface area contributed by atoms with Gasteiger partial charge in [-0.15, -0.1) is 0 Å². The molecule has 1 amide bonds. The monoisotopic (exact) mass is 343 g/mol. The second-order valence-corrected chi connectivity index (χ2v) is 5.52. The van der Waals surface area contributed by atoms with Crippen LogP contribution in [0.2, 0.25) is 0 Å². The van der Waals surface area contributed by atoms with E-state index in [1.807, 2.05) is 36.4 Å². The maximum atomic E-state index is 13.8. The summed E-state index contributed by atoms with van der Waals surface area (Å²) in [4.78, 5) is 12.4. The Balaban J connectivity index is 1.97. The van der Waals surface area contributed by atoms with Crippen LogP contribution in [0.5, 0.6) is 0 Å². The minimum Gasteiger partial charge on any atom is -0.319 e. The Morgan fingerprint density at radius 3 is 2.57 bits per heavy atom. The summed E-state index contributed by atoms with van der Waals surface area (Å²) in [6.07, 6.45) is 0. The molecule has 3 rings (SSSR count). The van der Waals surface area contributed by atoms with E-state index in [1.54, 1.807) is 12.1 Å². The number of benzene rings is 3. The van der Waals surface area contributed by atoms with Crippen LogP contribution < -0.4 is 5.32 Å². The Morgan fingerprint density at radius 1 is 1.00 bits per heavy atom. The van der Waals surface area contributed by atoms with Crippen molar-refractivity contribution < 1.29 is 9.18 Å². The summed E-state index contributed by atoms with van der Waals surface area (Å²) >= 11 is 3.19. The number of anilines is 1. The van der Waals surface area contributed by atoms with Crippen LogP contribution in [-0.2, 0) is 0 Å². The van der Waals surface area contributed by atoms with Gasteiger partial charge in [-0.05, 0) is 35.0 Å². The van der Waals surface area contributed by atoms with Gasteiger partial charge in [0.25, 0.3) is 5.91 Å². The second-order valence-electron chi connectivity index (χ2n) is 4.61. The molecule has 0 aliphatic carbocycles. The van der Waals surface area contributed by atoms with Gasteiger partial charge in [0.05, 0.1) is 5.69 Å². The zero-order chi connectivity index (χ0) is 14.8. The smallest absolute Gasteiger partial charge is 0.256 e. The van der Waals surface area contributed by atoms with Crippen LogP contribution in [0.15, 0.2) is 65.1 Å². The molecule has 0 saturated heterocycles. The number of fused-ring (bicyclic) bond motifs is 1. The van der Waals surface area contributed by atoms with Gasteiger partial charge >= 0.3 is 0 Å². The van der Waals surface area contributed by atoms with Crippen LogP contribution in [0.25, 0.3) is 10.8 Å². The van der Waals surface area contributed by atoms with Crippen molar-refractivity contribution >= 4 is 38.3 Å². The number of hydrogen-bond acceptors (Lipinski definition) is 1. The lowest BCUT2D eigenvalue weighted by molar-refractivity contribution is 0.102. The van der Waals surface area contributed by atoms with E-state index in [2.05, 4.69) is 21.2 Å². The highest BCUT2D eigenvalue weighted by molar-refractivity contribution is 9.10. The SMILES string of the molecule is O=C(Nc1ccc(Br)cc1F)c1cccc2ccccc12. The molecule has 0 radical (unpaired) electrons. The van der Waals surface area contributed by atoms with Crippen LogP contribution >= 0.6 is 15.9 Å². The molecule has 104 valence electrons. The Bertz CT molecular complexity index is 827. The van der Waals surface area contributed by atoms with E-state index in [-0.39, 0.29) is 11.6 Å². The second kappa shape index (κ2) is 5.66. The quantitative estimate of drug-likeness (QED) is 0.697. The molecule has 0 atom stereocenters. The third-order valence-electron chi connectivity index (χ3n) is 3.21. The number of halogens is 2. The largest absolute Gasteiger partial charge is 0.319 e. The van der Waals surface area contributed by atoms with Gasteiger partial charge in [-0.3, -0.25) is 4.79 Å². The van der Waals surface area contributed by atoms with Gasteiger partial charge in [0.15, 0.2) is 0 Å². The Morgan fingerprint density at radius 2 is 1.76 bits per heavy atom. The molecule has 0 heterocycles. The van der Waals surface area contributed by atoms with Crippen LogP contribution in [0.3, 0.4) is 0 Å². The fourth-order valence-corrected chi connectivity index (χ4v) is 2.54. The molecule has 0 bridgehead atoms. The van der Waals surface area contributed by atoms with Gasteiger partial charge in [0.1, 0.15) is 5.82 Å². The Kier molecular flexibility index (Phi) is 3.71. The average molecular weight is 344 g/mol. The standard InChI is InChI=1S/C17H11BrFNO/c18-12-8-9-16(15(19)10-12)20-17(21)14-7-3-5-11-4-1-2-6-13(11)14/h1-10H,(H,20,21). The third kappa shape index (κ3) is 2.81. The van der Waals surface area contributed by atoms with E-state index in [4.69, 9.17) is 0 Å². The van der Waals surface area contributed by atoms with Gasteiger partial charge in [-0.2, -0.15) is 0 Å². The molecule has 0 saturated carbocycles. The third-order valence-corrected chi connectivity index (χ3v) is 3.71. The van der Waals surface area contributed by atoms with E-state index in [1.165, 1.54) is 12.1 Å². The molecule has 0 aliphatic rings. The molecule has 0 unspecified atom stereocenters. The van der Waals surface area contributed by atoms with Crippen molar-refractivity contribution in [3.8, 4) is 0 Å². The lowest BCUT2D eigenvalue weighted by Gasteiger charge is -2.09. The number of carbonyl (C=O) groups excluding carboxylic acids is 1. The molecule has 4 heteroatoms. The average Bonchev–Trinajstić information content (AvgIpc) is 2.49. The number of amides is 1. The molecular formula is C17H11BrFNO. The van der Waals surface area contributed by atoms with Gasteiger partial charge < -0.3 is 5.32 Å². The van der Waals surface area contributed by atoms with Gasteiger partial charge in [0, 0.05) is 10.0 Å². The predicted octanol–water partition coefficient (Wildman–Crippen LogP) is 4.99. The minimum atomic E-state index is -0.474. The van der Waals surface area contributed by atoms with E-state index < -0.39 is 5.82 Å². The Hall–Kier alpha value is -2.20. The summed E-state index contributed by atoms with van der Waals surface area (Å²) in [5.41, 5.74) is 0.687. The highest BCUT2D eigenvalue weighted by Crippen LogP contribution is 2.22. The van der Waals surface area contributed by atoms with Crippen LogP contribution in [0.1, 0.15) is 10.4 Å². The summed E-state index contributed by atoms with van der Waals surface area (Å²) in [6.45, 7) is 0. The van der Waals surface area contributed by atoms with Crippen LogP contribution in [0.4, 0.5) is 10.1 Å². The number of hydrogen-bond donors (Lipinski definition) is 1. The normalized spacial score (nSPS) is 10.6. The number of rotatable bonds is 2. The maximum Gasteiger partial charge on any atom is 0.256 e. The lowest BCUT2D eigenvalue weighted by atomic mass is 10.0. The van der Waals surface area contributed by atoms with E-state index in [9.17, 15) is 9.18 Å². The number of nitrogens with one attached hydrogen (secondary N) is 1. The molecule has 0 aromatic heterocycles. The molecule has 0 spiro atoms. The first-order valence-corrected chi connectivity index (χ1v) is 7.18. The lowest BCUT2D eigenvalue weighted by Crippen LogP contribution is -2.13. The van der Waals surface area contributed by atoms with Gasteiger partial charge in [-0.25, -0.2) is 4.39 Å². The first-order chi connectivity index (χ1) is 10.1. The molecule has 2 nitrogen and oxygen atoms in total. The number of carbonyl (C=O) groups is 1. The molecule has 1 N–H and O–H groups in total. The van der Waals surface area contributed by atoms with Crippen LogP contribution in [-0.4, -0.2) is 5.91 Å². The van der Waals surface area contributed by atoms with Crippen molar-refractivity contribution in [2.45, 2.75) is 0 Å². The molecule has 0 fully saturated rings. The molecule has 3 aromatic carbocycles. The van der Waals surface area contributed by atoms with Crippen molar-refractivity contribution in [1.82, 2.24) is 0 Å². The van der Waals surface area contributed by atoms with Crippen molar-refractivity contribution in [2.24, 2.45) is 0 Å². The summed E-state index contributed by atoms with van der Waals surface area (Å²) in [5, 5.41) is 4.43. The first-order valence-electron chi connectivity index (χ1n) is 6.39. The molecule has 0 aliphatic heterocycles.